The zero-order valence-corrected chi connectivity index (χ0v) is 15.5. The van der Waals surface area contributed by atoms with E-state index in [0.717, 1.165) is 56.4 Å². The fourth-order valence-corrected chi connectivity index (χ4v) is 3.76. The van der Waals surface area contributed by atoms with Gasteiger partial charge in [-0.2, -0.15) is 0 Å². The molecule has 1 aliphatic rings. The van der Waals surface area contributed by atoms with Crippen LogP contribution in [0.15, 0.2) is 29.1 Å². The van der Waals surface area contributed by atoms with Crippen LogP contribution in [0.2, 0.25) is 0 Å². The van der Waals surface area contributed by atoms with Crippen LogP contribution in [0.3, 0.4) is 0 Å². The highest BCUT2D eigenvalue weighted by molar-refractivity contribution is 5.77. The molecule has 2 heterocycles. The van der Waals surface area contributed by atoms with Gasteiger partial charge >= 0.3 is 0 Å². The second-order valence-electron chi connectivity index (χ2n) is 7.05. The molecule has 0 unspecified atom stereocenters. The Hall–Kier alpha value is -1.72. The second-order valence-corrected chi connectivity index (χ2v) is 7.05. The molecule has 0 amide bonds. The Balaban J connectivity index is 1.51. The van der Waals surface area contributed by atoms with E-state index in [9.17, 15) is 4.79 Å². The van der Waals surface area contributed by atoms with Crippen molar-refractivity contribution < 1.29 is 0 Å². The lowest BCUT2D eigenvalue weighted by Gasteiger charge is -2.34. The minimum Gasteiger partial charge on any atom is -0.310 e. The molecule has 1 saturated heterocycles. The molecule has 1 aromatic carbocycles. The fourth-order valence-electron chi connectivity index (χ4n) is 3.76. The summed E-state index contributed by atoms with van der Waals surface area (Å²) < 4.78 is 0. The number of nitrogens with one attached hydrogen (secondary N) is 1. The van der Waals surface area contributed by atoms with E-state index in [1.807, 2.05) is 24.3 Å². The lowest BCUT2D eigenvalue weighted by atomic mass is 9.96. The van der Waals surface area contributed by atoms with Crippen molar-refractivity contribution in [2.75, 3.05) is 39.3 Å². The zero-order chi connectivity index (χ0) is 17.6. The molecule has 5 nitrogen and oxygen atoms in total. The van der Waals surface area contributed by atoms with E-state index < -0.39 is 0 Å². The number of aromatic amines is 1. The van der Waals surface area contributed by atoms with Gasteiger partial charge < -0.3 is 14.8 Å². The molecular formula is C20H30N4O. The predicted octanol–water partition coefficient (Wildman–Crippen LogP) is 2.52. The Bertz CT molecular complexity index is 730. The molecule has 1 N–H and O–H groups in total. The second kappa shape index (κ2) is 8.59. The quantitative estimate of drug-likeness (QED) is 0.840. The summed E-state index contributed by atoms with van der Waals surface area (Å²) in [6.45, 7) is 11.3. The highest BCUT2D eigenvalue weighted by Crippen LogP contribution is 2.18. The molecule has 0 bridgehead atoms. The van der Waals surface area contributed by atoms with Crippen LogP contribution in [0.25, 0.3) is 10.9 Å². The average molecular weight is 342 g/mol. The molecule has 0 atom stereocenters. The van der Waals surface area contributed by atoms with Gasteiger partial charge in [-0.25, -0.2) is 4.98 Å². The SMILES string of the molecule is CCN(CC)CC1CCN(CCc2nc3ccccc3c(=O)[nH]2)CC1. The molecule has 0 spiro atoms. The van der Waals surface area contributed by atoms with E-state index in [0.29, 0.717) is 5.39 Å². The number of para-hydroxylation sites is 1. The number of benzene rings is 1. The summed E-state index contributed by atoms with van der Waals surface area (Å²) in [5.74, 6) is 1.63. The first-order valence-corrected chi connectivity index (χ1v) is 9.62. The lowest BCUT2D eigenvalue weighted by Crippen LogP contribution is -2.39. The van der Waals surface area contributed by atoms with Crippen LogP contribution in [0, 0.1) is 5.92 Å². The Morgan fingerprint density at radius 3 is 2.64 bits per heavy atom. The van der Waals surface area contributed by atoms with E-state index in [1.54, 1.807) is 0 Å². The van der Waals surface area contributed by atoms with Gasteiger partial charge in [0.25, 0.3) is 5.56 Å². The van der Waals surface area contributed by atoms with Crippen molar-refractivity contribution in [1.29, 1.82) is 0 Å². The molecule has 1 aliphatic heterocycles. The number of aromatic nitrogens is 2. The van der Waals surface area contributed by atoms with E-state index in [1.165, 1.54) is 19.4 Å². The van der Waals surface area contributed by atoms with Gasteiger partial charge in [-0.3, -0.25) is 4.79 Å². The smallest absolute Gasteiger partial charge is 0.258 e. The van der Waals surface area contributed by atoms with Gasteiger partial charge in [-0.05, 0) is 57.1 Å². The predicted molar refractivity (Wildman–Crippen MR) is 103 cm³/mol. The number of H-pyrrole nitrogens is 1. The molecule has 25 heavy (non-hydrogen) atoms. The van der Waals surface area contributed by atoms with Crippen molar-refractivity contribution in [1.82, 2.24) is 19.8 Å². The zero-order valence-electron chi connectivity index (χ0n) is 15.5. The Morgan fingerprint density at radius 1 is 1.20 bits per heavy atom. The molecule has 0 radical (unpaired) electrons. The summed E-state index contributed by atoms with van der Waals surface area (Å²) in [6, 6.07) is 7.54. The minimum atomic E-state index is -0.0291. The summed E-state index contributed by atoms with van der Waals surface area (Å²) in [5.41, 5.74) is 0.762. The maximum atomic E-state index is 12.1. The first kappa shape index (κ1) is 18.1. The number of fused-ring (bicyclic) bond motifs is 1. The maximum Gasteiger partial charge on any atom is 0.258 e. The van der Waals surface area contributed by atoms with Gasteiger partial charge in [0.15, 0.2) is 0 Å². The molecule has 2 aromatic rings. The summed E-state index contributed by atoms with van der Waals surface area (Å²) in [5, 5.41) is 0.670. The summed E-state index contributed by atoms with van der Waals surface area (Å²) >= 11 is 0. The number of likely N-dealkylation sites (tertiary alicyclic amines) is 1. The highest BCUT2D eigenvalue weighted by atomic mass is 16.1. The Labute approximate surface area is 150 Å². The van der Waals surface area contributed by atoms with E-state index in [-0.39, 0.29) is 5.56 Å². The monoisotopic (exact) mass is 342 g/mol. The van der Waals surface area contributed by atoms with Crippen LogP contribution in [0.5, 0.6) is 0 Å². The molecule has 136 valence electrons. The van der Waals surface area contributed by atoms with Crippen LogP contribution < -0.4 is 5.56 Å². The van der Waals surface area contributed by atoms with Crippen molar-refractivity contribution in [3.63, 3.8) is 0 Å². The lowest BCUT2D eigenvalue weighted by molar-refractivity contribution is 0.149. The Morgan fingerprint density at radius 2 is 1.92 bits per heavy atom. The van der Waals surface area contributed by atoms with Crippen LogP contribution in [-0.2, 0) is 6.42 Å². The fraction of sp³-hybridized carbons (Fsp3) is 0.600. The van der Waals surface area contributed by atoms with Crippen molar-refractivity contribution in [2.24, 2.45) is 5.92 Å². The summed E-state index contributed by atoms with van der Waals surface area (Å²) in [6.07, 6.45) is 3.36. The van der Waals surface area contributed by atoms with Crippen LogP contribution in [0.4, 0.5) is 0 Å². The molecule has 0 aliphatic carbocycles. The number of nitrogens with zero attached hydrogens (tertiary/aromatic N) is 3. The molecular weight excluding hydrogens is 312 g/mol. The maximum absolute atomic E-state index is 12.1. The van der Waals surface area contributed by atoms with Crippen LogP contribution >= 0.6 is 0 Å². The van der Waals surface area contributed by atoms with E-state index in [4.69, 9.17) is 0 Å². The normalized spacial score (nSPS) is 16.8. The topological polar surface area (TPSA) is 52.2 Å². The number of piperidine rings is 1. The first-order valence-electron chi connectivity index (χ1n) is 9.62. The third-order valence-corrected chi connectivity index (χ3v) is 5.44. The molecule has 0 saturated carbocycles. The largest absolute Gasteiger partial charge is 0.310 e. The number of hydrogen-bond acceptors (Lipinski definition) is 4. The van der Waals surface area contributed by atoms with Gasteiger partial charge in [0, 0.05) is 19.5 Å². The number of hydrogen-bond donors (Lipinski definition) is 1. The van der Waals surface area contributed by atoms with E-state index in [2.05, 4.69) is 33.6 Å². The summed E-state index contributed by atoms with van der Waals surface area (Å²) in [4.78, 5) is 24.7. The summed E-state index contributed by atoms with van der Waals surface area (Å²) in [7, 11) is 0. The van der Waals surface area contributed by atoms with Crippen molar-refractivity contribution in [2.45, 2.75) is 33.1 Å². The number of rotatable bonds is 7. The van der Waals surface area contributed by atoms with Gasteiger partial charge in [-0.15, -0.1) is 0 Å². The van der Waals surface area contributed by atoms with Crippen molar-refractivity contribution >= 4 is 10.9 Å². The third kappa shape index (κ3) is 4.67. The standard InChI is InChI=1S/C20H30N4O/c1-3-23(4-2)15-16-9-12-24(13-10-16)14-11-19-21-18-8-6-5-7-17(18)20(25)22-19/h5-8,16H,3-4,9-15H2,1-2H3,(H,21,22,25). The molecule has 5 heteroatoms. The van der Waals surface area contributed by atoms with Crippen LogP contribution in [0.1, 0.15) is 32.5 Å². The van der Waals surface area contributed by atoms with Gasteiger partial charge in [0.2, 0.25) is 0 Å². The van der Waals surface area contributed by atoms with Crippen LogP contribution in [-0.4, -0.2) is 59.0 Å². The van der Waals surface area contributed by atoms with Crippen molar-refractivity contribution in [3.05, 3.63) is 40.4 Å². The van der Waals surface area contributed by atoms with Gasteiger partial charge in [-0.1, -0.05) is 26.0 Å². The van der Waals surface area contributed by atoms with E-state index >= 15 is 0 Å². The molecule has 1 aromatic heterocycles. The average Bonchev–Trinajstić information content (AvgIpc) is 2.65. The van der Waals surface area contributed by atoms with Gasteiger partial charge in [0.1, 0.15) is 5.82 Å². The van der Waals surface area contributed by atoms with Crippen molar-refractivity contribution in [3.8, 4) is 0 Å². The van der Waals surface area contributed by atoms with Gasteiger partial charge in [0.05, 0.1) is 10.9 Å². The first-order chi connectivity index (χ1) is 12.2. The molecule has 1 fully saturated rings. The minimum absolute atomic E-state index is 0.0291. The highest BCUT2D eigenvalue weighted by Gasteiger charge is 2.20. The molecule has 3 rings (SSSR count). The third-order valence-electron chi connectivity index (χ3n) is 5.44. The Kier molecular flexibility index (Phi) is 6.21.